The first-order chi connectivity index (χ1) is 7.77. The molecule has 0 atom stereocenters. The summed E-state index contributed by atoms with van der Waals surface area (Å²) in [5.41, 5.74) is 4.21. The maximum Gasteiger partial charge on any atom is 0.101 e. The fourth-order valence-corrected chi connectivity index (χ4v) is 1.99. The molecule has 3 nitrogen and oxygen atoms in total. The van der Waals surface area contributed by atoms with Gasteiger partial charge in [-0.3, -0.25) is 0 Å². The number of halogens is 1. The molecule has 1 heterocycles. The third kappa shape index (κ3) is 1.83. The van der Waals surface area contributed by atoms with E-state index < -0.39 is 0 Å². The van der Waals surface area contributed by atoms with Crippen LogP contribution in [0, 0.1) is 6.92 Å². The van der Waals surface area contributed by atoms with Crippen molar-refractivity contribution in [2.75, 3.05) is 0 Å². The Morgan fingerprint density at radius 1 is 1.31 bits per heavy atom. The number of aryl methyl sites for hydroxylation is 1. The Kier molecular flexibility index (Phi) is 3.25. The quantitative estimate of drug-likeness (QED) is 0.766. The number of nitrogens with zero attached hydrogens (tertiary/aromatic N) is 3. The minimum absolute atomic E-state index is 0.412. The number of alkyl halides is 1. The Balaban J connectivity index is 2.56. The van der Waals surface area contributed by atoms with Crippen molar-refractivity contribution >= 4 is 11.6 Å². The molecule has 0 N–H and O–H groups in total. The molecule has 0 aliphatic rings. The van der Waals surface area contributed by atoms with Crippen molar-refractivity contribution in [3.05, 3.63) is 41.2 Å². The van der Waals surface area contributed by atoms with E-state index >= 15 is 0 Å². The first kappa shape index (κ1) is 11.1. The number of benzene rings is 1. The molecular weight excluding hydrogens is 222 g/mol. The molecule has 84 valence electrons. The Bertz CT molecular complexity index is 491. The minimum atomic E-state index is 0.412. The molecule has 0 aliphatic heterocycles. The van der Waals surface area contributed by atoms with Crippen LogP contribution in [0.15, 0.2) is 24.3 Å². The Hall–Kier alpha value is -1.35. The van der Waals surface area contributed by atoms with Crippen molar-refractivity contribution in [1.82, 2.24) is 15.0 Å². The van der Waals surface area contributed by atoms with Crippen LogP contribution < -0.4 is 0 Å². The zero-order valence-electron chi connectivity index (χ0n) is 9.44. The molecule has 2 aromatic rings. The van der Waals surface area contributed by atoms with Gasteiger partial charge >= 0.3 is 0 Å². The molecule has 0 radical (unpaired) electrons. The minimum Gasteiger partial charge on any atom is -0.217 e. The van der Waals surface area contributed by atoms with Crippen LogP contribution in [-0.4, -0.2) is 15.0 Å². The van der Waals surface area contributed by atoms with Crippen molar-refractivity contribution < 1.29 is 0 Å². The second kappa shape index (κ2) is 4.66. The van der Waals surface area contributed by atoms with Crippen molar-refractivity contribution in [2.24, 2.45) is 0 Å². The molecular formula is C12H14ClN3. The first-order valence-electron chi connectivity index (χ1n) is 5.33. The predicted octanol–water partition coefficient (Wildman–Crippen LogP) is 2.88. The average molecular weight is 236 g/mol. The van der Waals surface area contributed by atoms with Crippen LogP contribution in [0.2, 0.25) is 0 Å². The highest BCUT2D eigenvalue weighted by atomic mass is 35.5. The summed E-state index contributed by atoms with van der Waals surface area (Å²) < 4.78 is 1.88. The molecule has 2 rings (SSSR count). The monoisotopic (exact) mass is 235 g/mol. The van der Waals surface area contributed by atoms with Gasteiger partial charge in [0.05, 0.1) is 17.3 Å². The lowest BCUT2D eigenvalue weighted by molar-refractivity contribution is 0.763. The summed E-state index contributed by atoms with van der Waals surface area (Å²) in [4.78, 5) is 0. The van der Waals surface area contributed by atoms with Gasteiger partial charge < -0.3 is 0 Å². The lowest BCUT2D eigenvalue weighted by atomic mass is 10.2. The number of rotatable bonds is 3. The van der Waals surface area contributed by atoms with Gasteiger partial charge in [0.15, 0.2) is 0 Å². The largest absolute Gasteiger partial charge is 0.217 e. The molecule has 4 heteroatoms. The molecule has 0 aliphatic carbocycles. The van der Waals surface area contributed by atoms with E-state index in [1.54, 1.807) is 0 Å². The molecule has 1 aromatic heterocycles. The lowest BCUT2D eigenvalue weighted by Crippen LogP contribution is -2.04. The lowest BCUT2D eigenvalue weighted by Gasteiger charge is -2.08. The van der Waals surface area contributed by atoms with E-state index in [-0.39, 0.29) is 0 Å². The normalized spacial score (nSPS) is 10.7. The fraction of sp³-hybridized carbons (Fsp3) is 0.333. The van der Waals surface area contributed by atoms with Crippen LogP contribution in [0.5, 0.6) is 0 Å². The van der Waals surface area contributed by atoms with Crippen LogP contribution in [0.4, 0.5) is 0 Å². The summed E-state index contributed by atoms with van der Waals surface area (Å²) >= 11 is 5.84. The zero-order chi connectivity index (χ0) is 11.5. The summed E-state index contributed by atoms with van der Waals surface area (Å²) in [5, 5.41) is 8.28. The third-order valence-corrected chi connectivity index (χ3v) is 2.90. The highest BCUT2D eigenvalue weighted by Gasteiger charge is 2.12. The summed E-state index contributed by atoms with van der Waals surface area (Å²) in [6.45, 7) is 4.15. The van der Waals surface area contributed by atoms with Crippen molar-refractivity contribution in [1.29, 1.82) is 0 Å². The third-order valence-electron chi connectivity index (χ3n) is 2.65. The van der Waals surface area contributed by atoms with E-state index in [1.165, 1.54) is 5.56 Å². The van der Waals surface area contributed by atoms with Crippen molar-refractivity contribution in [3.63, 3.8) is 0 Å². The second-order valence-electron chi connectivity index (χ2n) is 3.67. The molecule has 0 spiro atoms. The molecule has 0 saturated carbocycles. The number of hydrogen-bond donors (Lipinski definition) is 0. The van der Waals surface area contributed by atoms with E-state index in [0.29, 0.717) is 5.88 Å². The van der Waals surface area contributed by atoms with E-state index in [9.17, 15) is 0 Å². The van der Waals surface area contributed by atoms with Crippen LogP contribution in [0.1, 0.15) is 23.9 Å². The van der Waals surface area contributed by atoms with Gasteiger partial charge in [0.2, 0.25) is 0 Å². The van der Waals surface area contributed by atoms with Gasteiger partial charge in [-0.1, -0.05) is 30.3 Å². The first-order valence-corrected chi connectivity index (χ1v) is 5.86. The standard InChI is InChI=1S/C12H14ClN3/c1-3-11-10(8-13)14-15-16(11)12-7-5-4-6-9(12)2/h4-7H,3,8H2,1-2H3. The zero-order valence-corrected chi connectivity index (χ0v) is 10.2. The number of aromatic nitrogens is 3. The van der Waals surface area contributed by atoms with E-state index in [1.807, 2.05) is 22.9 Å². The maximum atomic E-state index is 5.84. The summed E-state index contributed by atoms with van der Waals surface area (Å²) in [6, 6.07) is 8.13. The average Bonchev–Trinajstić information content (AvgIpc) is 2.72. The van der Waals surface area contributed by atoms with Crippen molar-refractivity contribution in [3.8, 4) is 5.69 Å². The van der Waals surface area contributed by atoms with Crippen LogP contribution in [-0.2, 0) is 12.3 Å². The Morgan fingerprint density at radius 3 is 2.69 bits per heavy atom. The van der Waals surface area contributed by atoms with E-state index in [2.05, 4.69) is 30.2 Å². The van der Waals surface area contributed by atoms with Gasteiger partial charge in [-0.2, -0.15) is 0 Å². The Morgan fingerprint density at radius 2 is 2.06 bits per heavy atom. The van der Waals surface area contributed by atoms with E-state index in [4.69, 9.17) is 11.6 Å². The molecule has 0 amide bonds. The summed E-state index contributed by atoms with van der Waals surface area (Å²) in [7, 11) is 0. The van der Waals surface area contributed by atoms with Gasteiger partial charge in [0.1, 0.15) is 5.69 Å². The predicted molar refractivity (Wildman–Crippen MR) is 65.0 cm³/mol. The molecule has 1 aromatic carbocycles. The van der Waals surface area contributed by atoms with E-state index in [0.717, 1.165) is 23.5 Å². The number of para-hydroxylation sites is 1. The number of hydrogen-bond acceptors (Lipinski definition) is 2. The van der Waals surface area contributed by atoms with Crippen LogP contribution in [0.3, 0.4) is 0 Å². The summed E-state index contributed by atoms with van der Waals surface area (Å²) in [6.07, 6.45) is 0.878. The molecule has 0 bridgehead atoms. The topological polar surface area (TPSA) is 30.7 Å². The molecule has 0 fully saturated rings. The van der Waals surface area contributed by atoms with Gasteiger partial charge in [0, 0.05) is 0 Å². The SMILES string of the molecule is CCc1c(CCl)nnn1-c1ccccc1C. The van der Waals surface area contributed by atoms with Crippen LogP contribution >= 0.6 is 11.6 Å². The Labute approximate surface area is 100 Å². The maximum absolute atomic E-state index is 5.84. The second-order valence-corrected chi connectivity index (χ2v) is 3.94. The van der Waals surface area contributed by atoms with Gasteiger partial charge in [-0.25, -0.2) is 4.68 Å². The van der Waals surface area contributed by atoms with Gasteiger partial charge in [0.25, 0.3) is 0 Å². The summed E-state index contributed by atoms with van der Waals surface area (Å²) in [5.74, 6) is 0.412. The molecule has 16 heavy (non-hydrogen) atoms. The highest BCUT2D eigenvalue weighted by Crippen LogP contribution is 2.17. The van der Waals surface area contributed by atoms with Crippen molar-refractivity contribution in [2.45, 2.75) is 26.1 Å². The molecule has 0 saturated heterocycles. The molecule has 0 unspecified atom stereocenters. The van der Waals surface area contributed by atoms with Crippen LogP contribution in [0.25, 0.3) is 5.69 Å². The smallest absolute Gasteiger partial charge is 0.101 e. The fourth-order valence-electron chi connectivity index (χ4n) is 1.78. The van der Waals surface area contributed by atoms with Gasteiger partial charge in [-0.15, -0.1) is 16.7 Å². The highest BCUT2D eigenvalue weighted by molar-refractivity contribution is 6.16. The van der Waals surface area contributed by atoms with Gasteiger partial charge in [-0.05, 0) is 25.0 Å².